The average molecular weight is 354 g/mol. The molecule has 2 rings (SSSR count). The molecular weight excluding hydrogens is 333 g/mol. The number of hydrogen-bond donors (Lipinski definition) is 1. The van der Waals surface area contributed by atoms with Crippen molar-refractivity contribution < 1.29 is 4.39 Å². The fourth-order valence-corrected chi connectivity index (χ4v) is 3.10. The van der Waals surface area contributed by atoms with Crippen molar-refractivity contribution in [1.82, 2.24) is 15.1 Å². The summed E-state index contributed by atoms with van der Waals surface area (Å²) in [5, 5.41) is 7.82. The normalized spacial score (nSPS) is 12.7. The number of rotatable bonds is 5. The lowest BCUT2D eigenvalue weighted by Crippen LogP contribution is -2.30. The Labute approximate surface area is 133 Å². The summed E-state index contributed by atoms with van der Waals surface area (Å²) in [7, 11) is 3.93. The second kappa shape index (κ2) is 6.71. The van der Waals surface area contributed by atoms with E-state index in [-0.39, 0.29) is 11.9 Å². The van der Waals surface area contributed by atoms with Crippen LogP contribution in [0, 0.1) is 19.7 Å². The maximum atomic E-state index is 13.2. The highest BCUT2D eigenvalue weighted by Gasteiger charge is 2.16. The fraction of sp³-hybridized carbons (Fsp3) is 0.438. The molecule has 0 fully saturated rings. The van der Waals surface area contributed by atoms with Crippen LogP contribution in [0.5, 0.6) is 0 Å². The maximum Gasteiger partial charge on any atom is 0.124 e. The molecule has 1 atom stereocenters. The van der Waals surface area contributed by atoms with E-state index in [0.29, 0.717) is 0 Å². The zero-order valence-electron chi connectivity index (χ0n) is 12.9. The van der Waals surface area contributed by atoms with Crippen LogP contribution in [0.25, 0.3) is 0 Å². The van der Waals surface area contributed by atoms with Crippen molar-refractivity contribution in [2.75, 3.05) is 7.05 Å². The van der Waals surface area contributed by atoms with E-state index in [0.717, 1.165) is 28.6 Å². The summed E-state index contributed by atoms with van der Waals surface area (Å²) in [6.45, 7) is 4.14. The largest absolute Gasteiger partial charge is 0.316 e. The molecule has 2 aromatic rings. The van der Waals surface area contributed by atoms with Crippen molar-refractivity contribution in [3.05, 3.63) is 51.0 Å². The maximum absolute atomic E-state index is 13.2. The SMILES string of the molecule is CNC(Cc1ccc(F)cc1Br)Cc1c(C)nn(C)c1C. The minimum Gasteiger partial charge on any atom is -0.316 e. The number of likely N-dealkylation sites (N-methyl/N-ethyl adjacent to an activating group) is 1. The zero-order valence-corrected chi connectivity index (χ0v) is 14.5. The van der Waals surface area contributed by atoms with Crippen molar-refractivity contribution in [2.24, 2.45) is 7.05 Å². The molecule has 1 N–H and O–H groups in total. The van der Waals surface area contributed by atoms with E-state index in [1.54, 1.807) is 0 Å². The molecule has 0 amide bonds. The van der Waals surface area contributed by atoms with E-state index in [1.165, 1.54) is 23.4 Å². The zero-order chi connectivity index (χ0) is 15.6. The minimum absolute atomic E-state index is 0.217. The molecule has 1 unspecified atom stereocenters. The minimum atomic E-state index is -0.217. The summed E-state index contributed by atoms with van der Waals surface area (Å²) in [5.74, 6) is -0.217. The van der Waals surface area contributed by atoms with Gasteiger partial charge >= 0.3 is 0 Å². The number of aryl methyl sites for hydroxylation is 2. The first-order valence-electron chi connectivity index (χ1n) is 7.02. The molecule has 0 aliphatic rings. The highest BCUT2D eigenvalue weighted by Crippen LogP contribution is 2.21. The van der Waals surface area contributed by atoms with Gasteiger partial charge in [-0.15, -0.1) is 0 Å². The molecule has 114 valence electrons. The van der Waals surface area contributed by atoms with Crippen LogP contribution < -0.4 is 5.32 Å². The first-order valence-corrected chi connectivity index (χ1v) is 7.82. The van der Waals surface area contributed by atoms with Gasteiger partial charge in [-0.25, -0.2) is 4.39 Å². The number of aromatic nitrogens is 2. The lowest BCUT2D eigenvalue weighted by molar-refractivity contribution is 0.551. The van der Waals surface area contributed by atoms with Gasteiger partial charge in [0, 0.05) is 23.3 Å². The molecule has 1 aromatic carbocycles. The van der Waals surface area contributed by atoms with Gasteiger partial charge in [0.1, 0.15) is 5.82 Å². The van der Waals surface area contributed by atoms with Gasteiger partial charge in [-0.2, -0.15) is 5.10 Å². The van der Waals surface area contributed by atoms with Crippen LogP contribution in [-0.4, -0.2) is 22.9 Å². The Balaban J connectivity index is 2.17. The molecule has 3 nitrogen and oxygen atoms in total. The number of nitrogens with one attached hydrogen (secondary N) is 1. The van der Waals surface area contributed by atoms with Gasteiger partial charge in [-0.05, 0) is 57.0 Å². The van der Waals surface area contributed by atoms with Crippen LogP contribution in [-0.2, 0) is 19.9 Å². The third kappa shape index (κ3) is 3.71. The first kappa shape index (κ1) is 16.2. The van der Waals surface area contributed by atoms with Crippen LogP contribution >= 0.6 is 15.9 Å². The van der Waals surface area contributed by atoms with Crippen LogP contribution in [0.15, 0.2) is 22.7 Å². The lowest BCUT2D eigenvalue weighted by Gasteiger charge is -2.17. The van der Waals surface area contributed by atoms with E-state index in [2.05, 4.69) is 33.3 Å². The van der Waals surface area contributed by atoms with Crippen molar-refractivity contribution in [3.8, 4) is 0 Å². The Kier molecular flexibility index (Phi) is 5.17. The van der Waals surface area contributed by atoms with Gasteiger partial charge < -0.3 is 5.32 Å². The van der Waals surface area contributed by atoms with Gasteiger partial charge in [-0.1, -0.05) is 22.0 Å². The number of halogens is 2. The molecule has 0 aliphatic heterocycles. The van der Waals surface area contributed by atoms with Crippen molar-refractivity contribution in [2.45, 2.75) is 32.7 Å². The molecule has 1 aromatic heterocycles. The van der Waals surface area contributed by atoms with Crippen LogP contribution in [0.1, 0.15) is 22.5 Å². The Morgan fingerprint density at radius 1 is 1.33 bits per heavy atom. The first-order chi connectivity index (χ1) is 9.92. The molecule has 0 saturated heterocycles. The molecule has 0 radical (unpaired) electrons. The van der Waals surface area contributed by atoms with Gasteiger partial charge in [0.05, 0.1) is 5.69 Å². The molecule has 1 heterocycles. The van der Waals surface area contributed by atoms with Gasteiger partial charge in [-0.3, -0.25) is 4.68 Å². The summed E-state index contributed by atoms with van der Waals surface area (Å²) < 4.78 is 15.9. The molecule has 0 bridgehead atoms. The highest BCUT2D eigenvalue weighted by atomic mass is 79.9. The summed E-state index contributed by atoms with van der Waals surface area (Å²) in [4.78, 5) is 0. The third-order valence-corrected chi connectivity index (χ3v) is 4.74. The molecule has 21 heavy (non-hydrogen) atoms. The Hall–Kier alpha value is -1.20. The predicted octanol–water partition coefficient (Wildman–Crippen LogP) is 3.31. The molecule has 5 heteroatoms. The van der Waals surface area contributed by atoms with E-state index < -0.39 is 0 Å². The van der Waals surface area contributed by atoms with Gasteiger partial charge in [0.25, 0.3) is 0 Å². The number of hydrogen-bond acceptors (Lipinski definition) is 2. The summed E-state index contributed by atoms with van der Waals surface area (Å²) >= 11 is 3.44. The van der Waals surface area contributed by atoms with Gasteiger partial charge in [0.15, 0.2) is 0 Å². The average Bonchev–Trinajstić information content (AvgIpc) is 2.67. The molecule has 0 aliphatic carbocycles. The van der Waals surface area contributed by atoms with Crippen LogP contribution in [0.2, 0.25) is 0 Å². The smallest absolute Gasteiger partial charge is 0.124 e. The second-order valence-electron chi connectivity index (χ2n) is 5.40. The number of nitrogens with zero attached hydrogens (tertiary/aromatic N) is 2. The highest BCUT2D eigenvalue weighted by molar-refractivity contribution is 9.10. The monoisotopic (exact) mass is 353 g/mol. The van der Waals surface area contributed by atoms with Crippen molar-refractivity contribution >= 4 is 15.9 Å². The topological polar surface area (TPSA) is 29.9 Å². The van der Waals surface area contributed by atoms with E-state index in [4.69, 9.17) is 0 Å². The van der Waals surface area contributed by atoms with E-state index in [9.17, 15) is 4.39 Å². The van der Waals surface area contributed by atoms with Crippen molar-refractivity contribution in [3.63, 3.8) is 0 Å². The fourth-order valence-electron chi connectivity index (χ4n) is 2.59. The molecule has 0 saturated carbocycles. The summed E-state index contributed by atoms with van der Waals surface area (Å²) in [5.41, 5.74) is 4.67. The Bertz CT molecular complexity index is 637. The summed E-state index contributed by atoms with van der Waals surface area (Å²) in [6, 6.07) is 5.15. The van der Waals surface area contributed by atoms with Gasteiger partial charge in [0.2, 0.25) is 0 Å². The molecular formula is C16H21BrFN3. The quantitative estimate of drug-likeness (QED) is 0.893. The number of benzene rings is 1. The Morgan fingerprint density at radius 2 is 2.05 bits per heavy atom. The predicted molar refractivity (Wildman–Crippen MR) is 87.0 cm³/mol. The summed E-state index contributed by atoms with van der Waals surface area (Å²) in [6.07, 6.45) is 1.75. The standard InChI is InChI=1S/C16H21BrFN3/c1-10-15(11(2)21(4)20-10)9-14(19-3)7-12-5-6-13(18)8-16(12)17/h5-6,8,14,19H,7,9H2,1-4H3. The third-order valence-electron chi connectivity index (χ3n) is 4.00. The second-order valence-corrected chi connectivity index (χ2v) is 6.26. The van der Waals surface area contributed by atoms with E-state index >= 15 is 0 Å². The lowest BCUT2D eigenvalue weighted by atomic mass is 9.98. The van der Waals surface area contributed by atoms with Crippen LogP contribution in [0.4, 0.5) is 4.39 Å². The Morgan fingerprint density at radius 3 is 2.57 bits per heavy atom. The molecule has 0 spiro atoms. The van der Waals surface area contributed by atoms with Crippen molar-refractivity contribution in [1.29, 1.82) is 0 Å². The van der Waals surface area contributed by atoms with Crippen LogP contribution in [0.3, 0.4) is 0 Å². The van der Waals surface area contributed by atoms with E-state index in [1.807, 2.05) is 31.8 Å².